The predicted molar refractivity (Wildman–Crippen MR) is 85.8 cm³/mol. The van der Waals surface area contributed by atoms with Crippen LogP contribution in [0.15, 0.2) is 36.4 Å². The first-order valence-electron chi connectivity index (χ1n) is 6.89. The summed E-state index contributed by atoms with van der Waals surface area (Å²) >= 11 is 1.70. The van der Waals surface area contributed by atoms with E-state index in [0.717, 1.165) is 23.4 Å². The molecule has 3 heteroatoms. The van der Waals surface area contributed by atoms with Crippen molar-refractivity contribution in [3.63, 3.8) is 0 Å². The molecule has 0 saturated heterocycles. The number of hydrogen-bond donors (Lipinski definition) is 0. The van der Waals surface area contributed by atoms with Gasteiger partial charge in [-0.1, -0.05) is 30.3 Å². The molecule has 2 aromatic rings. The van der Waals surface area contributed by atoms with Crippen LogP contribution in [0.25, 0.3) is 0 Å². The zero-order valence-corrected chi connectivity index (χ0v) is 13.2. The summed E-state index contributed by atoms with van der Waals surface area (Å²) in [5.41, 5.74) is 2.20. The van der Waals surface area contributed by atoms with Crippen molar-refractivity contribution in [1.82, 2.24) is 4.90 Å². The SMILES string of the molecule is Cc1cc(C(=O)CN(C)CCc2ccccc2)c(C)s1. The fourth-order valence-electron chi connectivity index (χ4n) is 2.28. The Labute approximate surface area is 125 Å². The summed E-state index contributed by atoms with van der Waals surface area (Å²) in [6.07, 6.45) is 0.978. The van der Waals surface area contributed by atoms with Crippen LogP contribution in [-0.4, -0.2) is 30.8 Å². The molecular formula is C17H21NOS. The van der Waals surface area contributed by atoms with Gasteiger partial charge in [-0.15, -0.1) is 11.3 Å². The molecule has 0 atom stereocenters. The maximum atomic E-state index is 12.3. The summed E-state index contributed by atoms with van der Waals surface area (Å²) in [4.78, 5) is 16.7. The van der Waals surface area contributed by atoms with E-state index < -0.39 is 0 Å². The van der Waals surface area contributed by atoms with Crippen LogP contribution in [0.2, 0.25) is 0 Å². The number of carbonyl (C=O) groups is 1. The molecule has 0 spiro atoms. The standard InChI is InChI=1S/C17H21NOS/c1-13-11-16(14(2)20-13)17(19)12-18(3)10-9-15-7-5-4-6-8-15/h4-8,11H,9-10,12H2,1-3H3. The van der Waals surface area contributed by atoms with E-state index in [0.29, 0.717) is 6.54 Å². The van der Waals surface area contributed by atoms with Crippen LogP contribution in [0.4, 0.5) is 0 Å². The molecule has 0 unspecified atom stereocenters. The van der Waals surface area contributed by atoms with Gasteiger partial charge >= 0.3 is 0 Å². The van der Waals surface area contributed by atoms with Gasteiger partial charge in [0.1, 0.15) is 0 Å². The number of benzene rings is 1. The lowest BCUT2D eigenvalue weighted by Gasteiger charge is -2.15. The van der Waals surface area contributed by atoms with E-state index in [-0.39, 0.29) is 5.78 Å². The summed E-state index contributed by atoms with van der Waals surface area (Å²) in [5.74, 6) is 0.224. The van der Waals surface area contributed by atoms with Gasteiger partial charge in [0.15, 0.2) is 5.78 Å². The van der Waals surface area contributed by atoms with Gasteiger partial charge in [-0.2, -0.15) is 0 Å². The molecule has 0 aliphatic carbocycles. The van der Waals surface area contributed by atoms with Crippen molar-refractivity contribution in [3.8, 4) is 0 Å². The second kappa shape index (κ2) is 6.82. The number of aryl methyl sites for hydroxylation is 2. The Balaban J connectivity index is 1.87. The molecule has 0 fully saturated rings. The van der Waals surface area contributed by atoms with Gasteiger partial charge in [-0.25, -0.2) is 0 Å². The molecule has 2 rings (SSSR count). The minimum atomic E-state index is 0.224. The molecule has 106 valence electrons. The highest BCUT2D eigenvalue weighted by atomic mass is 32.1. The average molecular weight is 287 g/mol. The van der Waals surface area contributed by atoms with Crippen LogP contribution >= 0.6 is 11.3 Å². The van der Waals surface area contributed by atoms with Gasteiger partial charge in [0.2, 0.25) is 0 Å². The summed E-state index contributed by atoms with van der Waals surface area (Å²) < 4.78 is 0. The number of thiophene rings is 1. The van der Waals surface area contributed by atoms with Crippen LogP contribution in [-0.2, 0) is 6.42 Å². The minimum absolute atomic E-state index is 0.224. The Bertz CT molecular complexity index is 574. The molecule has 1 aromatic heterocycles. The molecule has 0 saturated carbocycles. The van der Waals surface area contributed by atoms with Gasteiger partial charge in [0, 0.05) is 21.9 Å². The molecule has 2 nitrogen and oxygen atoms in total. The van der Waals surface area contributed by atoms with Crippen LogP contribution in [0.1, 0.15) is 25.7 Å². The Morgan fingerprint density at radius 3 is 2.50 bits per heavy atom. The predicted octanol–water partition coefficient (Wildman–Crippen LogP) is 3.72. The number of Topliss-reactive ketones (excluding diaryl/α,β-unsaturated/α-hetero) is 1. The topological polar surface area (TPSA) is 20.3 Å². The number of rotatable bonds is 6. The quantitative estimate of drug-likeness (QED) is 0.755. The third-order valence-electron chi connectivity index (χ3n) is 3.38. The smallest absolute Gasteiger partial charge is 0.177 e. The van der Waals surface area contributed by atoms with Crippen LogP contribution in [0.5, 0.6) is 0 Å². The molecule has 1 aromatic carbocycles. The van der Waals surface area contributed by atoms with Crippen molar-refractivity contribution in [2.24, 2.45) is 0 Å². The van der Waals surface area contributed by atoms with Crippen molar-refractivity contribution in [2.45, 2.75) is 20.3 Å². The first-order chi connectivity index (χ1) is 9.56. The van der Waals surface area contributed by atoms with E-state index in [2.05, 4.69) is 29.2 Å². The van der Waals surface area contributed by atoms with E-state index in [1.54, 1.807) is 11.3 Å². The van der Waals surface area contributed by atoms with Crippen LogP contribution in [0, 0.1) is 13.8 Å². The highest BCUT2D eigenvalue weighted by Gasteiger charge is 2.13. The first-order valence-corrected chi connectivity index (χ1v) is 7.70. The van der Waals surface area contributed by atoms with Crippen molar-refractivity contribution in [1.29, 1.82) is 0 Å². The lowest BCUT2D eigenvalue weighted by molar-refractivity contribution is 0.0946. The van der Waals surface area contributed by atoms with Gasteiger partial charge in [-0.05, 0) is 38.9 Å². The second-order valence-corrected chi connectivity index (χ2v) is 6.68. The van der Waals surface area contributed by atoms with E-state index in [1.807, 2.05) is 33.0 Å². The van der Waals surface area contributed by atoms with Crippen LogP contribution in [0.3, 0.4) is 0 Å². The molecule has 0 N–H and O–H groups in total. The number of likely N-dealkylation sites (N-methyl/N-ethyl adjacent to an activating group) is 1. The Hall–Kier alpha value is -1.45. The fraction of sp³-hybridized carbons (Fsp3) is 0.353. The zero-order valence-electron chi connectivity index (χ0n) is 12.3. The Kier molecular flexibility index (Phi) is 5.10. The number of hydrogen-bond acceptors (Lipinski definition) is 3. The third-order valence-corrected chi connectivity index (χ3v) is 4.35. The lowest BCUT2D eigenvalue weighted by Crippen LogP contribution is -2.28. The van der Waals surface area contributed by atoms with Crippen molar-refractivity contribution < 1.29 is 4.79 Å². The third kappa shape index (κ3) is 4.02. The molecule has 0 aliphatic rings. The van der Waals surface area contributed by atoms with Gasteiger partial charge in [-0.3, -0.25) is 9.69 Å². The summed E-state index contributed by atoms with van der Waals surface area (Å²) in [7, 11) is 2.01. The molecule has 0 aliphatic heterocycles. The second-order valence-electron chi connectivity index (χ2n) is 5.22. The molecule has 20 heavy (non-hydrogen) atoms. The largest absolute Gasteiger partial charge is 0.299 e. The highest BCUT2D eigenvalue weighted by molar-refractivity contribution is 7.12. The molecular weight excluding hydrogens is 266 g/mol. The fourth-order valence-corrected chi connectivity index (χ4v) is 3.22. The zero-order chi connectivity index (χ0) is 14.5. The Morgan fingerprint density at radius 1 is 1.20 bits per heavy atom. The maximum absolute atomic E-state index is 12.3. The van der Waals surface area contributed by atoms with Gasteiger partial charge in [0.05, 0.1) is 6.54 Å². The normalized spacial score (nSPS) is 11.0. The maximum Gasteiger partial charge on any atom is 0.177 e. The molecule has 1 heterocycles. The highest BCUT2D eigenvalue weighted by Crippen LogP contribution is 2.21. The van der Waals surface area contributed by atoms with Crippen LogP contribution < -0.4 is 0 Å². The molecule has 0 radical (unpaired) electrons. The summed E-state index contributed by atoms with van der Waals surface area (Å²) in [6, 6.07) is 12.4. The summed E-state index contributed by atoms with van der Waals surface area (Å²) in [6.45, 7) is 5.46. The Morgan fingerprint density at radius 2 is 1.90 bits per heavy atom. The monoisotopic (exact) mass is 287 g/mol. The summed E-state index contributed by atoms with van der Waals surface area (Å²) in [5, 5.41) is 0. The lowest BCUT2D eigenvalue weighted by atomic mass is 10.1. The van der Waals surface area contributed by atoms with Gasteiger partial charge < -0.3 is 0 Å². The number of carbonyl (C=O) groups excluding carboxylic acids is 1. The van der Waals surface area contributed by atoms with E-state index in [1.165, 1.54) is 10.4 Å². The minimum Gasteiger partial charge on any atom is -0.299 e. The van der Waals surface area contributed by atoms with Crippen molar-refractivity contribution in [2.75, 3.05) is 20.1 Å². The van der Waals surface area contributed by atoms with E-state index in [4.69, 9.17) is 0 Å². The average Bonchev–Trinajstić information content (AvgIpc) is 2.77. The van der Waals surface area contributed by atoms with E-state index in [9.17, 15) is 4.79 Å². The van der Waals surface area contributed by atoms with E-state index >= 15 is 0 Å². The number of nitrogens with zero attached hydrogens (tertiary/aromatic N) is 1. The van der Waals surface area contributed by atoms with Crippen molar-refractivity contribution >= 4 is 17.1 Å². The van der Waals surface area contributed by atoms with Gasteiger partial charge in [0.25, 0.3) is 0 Å². The number of ketones is 1. The first kappa shape index (κ1) is 14.9. The van der Waals surface area contributed by atoms with Crippen molar-refractivity contribution in [3.05, 3.63) is 57.3 Å². The molecule has 0 bridgehead atoms. The molecule has 0 amide bonds.